The number of hydrogen-bond acceptors (Lipinski definition) is 9. The molecule has 1 fully saturated rings. The fraction of sp³-hybridized carbons (Fsp3) is 0.385. The fourth-order valence-corrected chi connectivity index (χ4v) is 4.13. The molecule has 1 saturated heterocycles. The number of carbonyl (C=O) groups is 1. The van der Waals surface area contributed by atoms with Gasteiger partial charge in [0.05, 0.1) is 11.9 Å². The maximum absolute atomic E-state index is 14.8. The third kappa shape index (κ3) is 5.50. The molecule has 2 N–H and O–H groups in total. The molecule has 37 heavy (non-hydrogen) atoms. The molecule has 192 valence electrons. The summed E-state index contributed by atoms with van der Waals surface area (Å²) in [5.74, 6) is 0.862. The van der Waals surface area contributed by atoms with Gasteiger partial charge in [-0.25, -0.2) is 24.3 Å². The van der Waals surface area contributed by atoms with Gasteiger partial charge in [-0.15, -0.1) is 0 Å². The number of benzene rings is 1. The van der Waals surface area contributed by atoms with E-state index in [1.807, 2.05) is 20.8 Å². The van der Waals surface area contributed by atoms with Gasteiger partial charge in [0.25, 0.3) is 5.91 Å². The molecule has 1 aromatic carbocycles. The lowest BCUT2D eigenvalue weighted by Crippen LogP contribution is -2.26. The maximum Gasteiger partial charge on any atom is 0.256 e. The number of nitrogens with one attached hydrogen (secondary N) is 2. The lowest BCUT2D eigenvalue weighted by molar-refractivity contribution is 0.102. The van der Waals surface area contributed by atoms with Crippen LogP contribution in [0.2, 0.25) is 0 Å². The van der Waals surface area contributed by atoms with E-state index < -0.39 is 11.7 Å². The zero-order valence-corrected chi connectivity index (χ0v) is 21.1. The highest BCUT2D eigenvalue weighted by molar-refractivity contribution is 6.04. The van der Waals surface area contributed by atoms with E-state index >= 15 is 0 Å². The van der Waals surface area contributed by atoms with E-state index in [1.165, 1.54) is 37.4 Å². The van der Waals surface area contributed by atoms with Crippen LogP contribution in [0.25, 0.3) is 11.0 Å². The van der Waals surface area contributed by atoms with E-state index in [1.54, 1.807) is 12.3 Å². The van der Waals surface area contributed by atoms with Crippen molar-refractivity contribution >= 4 is 40.2 Å². The quantitative estimate of drug-likeness (QED) is 0.376. The van der Waals surface area contributed by atoms with Crippen molar-refractivity contribution in [3.63, 3.8) is 0 Å². The van der Waals surface area contributed by atoms with Crippen molar-refractivity contribution < 1.29 is 13.7 Å². The number of halogens is 1. The van der Waals surface area contributed by atoms with Crippen LogP contribution in [0.1, 0.15) is 62.6 Å². The molecule has 0 aliphatic carbocycles. The summed E-state index contributed by atoms with van der Waals surface area (Å²) in [5.41, 5.74) is 1.08. The first-order valence-corrected chi connectivity index (χ1v) is 12.4. The van der Waals surface area contributed by atoms with Crippen LogP contribution in [0.15, 0.2) is 41.3 Å². The highest BCUT2D eigenvalue weighted by Crippen LogP contribution is 2.27. The number of amides is 1. The first-order chi connectivity index (χ1) is 17.8. The zero-order chi connectivity index (χ0) is 26.0. The van der Waals surface area contributed by atoms with Crippen molar-refractivity contribution in [1.29, 1.82) is 0 Å². The molecule has 1 amide bonds. The molecule has 4 aromatic rings. The van der Waals surface area contributed by atoms with Gasteiger partial charge < -0.3 is 20.1 Å². The van der Waals surface area contributed by atoms with Crippen LogP contribution < -0.4 is 15.5 Å². The Morgan fingerprint density at radius 3 is 2.57 bits per heavy atom. The number of hydrogen-bond donors (Lipinski definition) is 2. The first-order valence-electron chi connectivity index (χ1n) is 12.4. The Hall–Kier alpha value is -4.15. The summed E-state index contributed by atoms with van der Waals surface area (Å²) >= 11 is 0. The van der Waals surface area contributed by atoms with Gasteiger partial charge in [0.2, 0.25) is 5.95 Å². The second-order valence-corrected chi connectivity index (χ2v) is 10.1. The standard InChI is InChI=1S/C26H29FN8O2/c1-26(2,3)20-13-21(34-37-20)32-24(36)16-8-9-17(27)18(12-16)31-23-22-19(29-15-30-23)14-28-25(33-22)35-10-6-4-5-7-11-35/h8-9,12-15H,4-7,10-11H2,1-3H3,(H,29,30,31)(H,32,34,36). The van der Waals surface area contributed by atoms with Gasteiger partial charge in [-0.3, -0.25) is 4.79 Å². The molecule has 10 nitrogen and oxygen atoms in total. The average molecular weight is 505 g/mol. The van der Waals surface area contributed by atoms with E-state index in [2.05, 4.69) is 35.6 Å². The third-order valence-corrected chi connectivity index (χ3v) is 6.23. The lowest BCUT2D eigenvalue weighted by Gasteiger charge is -2.20. The molecule has 0 spiro atoms. The van der Waals surface area contributed by atoms with Crippen molar-refractivity contribution in [1.82, 2.24) is 25.1 Å². The third-order valence-electron chi connectivity index (χ3n) is 6.23. The van der Waals surface area contributed by atoms with Crippen LogP contribution in [0, 0.1) is 5.82 Å². The van der Waals surface area contributed by atoms with Crippen molar-refractivity contribution in [3.05, 3.63) is 53.9 Å². The summed E-state index contributed by atoms with van der Waals surface area (Å²) in [6, 6.07) is 5.72. The molecular weight excluding hydrogens is 475 g/mol. The topological polar surface area (TPSA) is 122 Å². The largest absolute Gasteiger partial charge is 0.359 e. The number of anilines is 4. The first kappa shape index (κ1) is 24.5. The molecular formula is C26H29FN8O2. The van der Waals surface area contributed by atoms with Gasteiger partial charge in [-0.05, 0) is 31.0 Å². The number of nitrogens with zero attached hydrogens (tertiary/aromatic N) is 6. The maximum atomic E-state index is 14.8. The van der Waals surface area contributed by atoms with Gasteiger partial charge in [0.15, 0.2) is 11.6 Å². The highest BCUT2D eigenvalue weighted by Gasteiger charge is 2.21. The number of carbonyl (C=O) groups excluding carboxylic acids is 1. The molecule has 11 heteroatoms. The second kappa shape index (κ2) is 10.1. The molecule has 3 aromatic heterocycles. The molecule has 1 aliphatic rings. The van der Waals surface area contributed by atoms with E-state index in [0.29, 0.717) is 28.6 Å². The molecule has 5 rings (SSSR count). The Bertz CT molecular complexity index is 1420. The Balaban J connectivity index is 1.40. The van der Waals surface area contributed by atoms with Gasteiger partial charge in [0, 0.05) is 30.1 Å². The van der Waals surface area contributed by atoms with Crippen LogP contribution in [0.5, 0.6) is 0 Å². The van der Waals surface area contributed by atoms with Crippen LogP contribution in [0.4, 0.5) is 27.7 Å². The van der Waals surface area contributed by atoms with Crippen molar-refractivity contribution in [2.75, 3.05) is 28.6 Å². The SMILES string of the molecule is CC(C)(C)c1cc(NC(=O)c2ccc(F)c(Nc3ncnc4cnc(N5CCCCCC5)nc34)c2)no1. The summed E-state index contributed by atoms with van der Waals surface area (Å²) in [7, 11) is 0. The van der Waals surface area contributed by atoms with Gasteiger partial charge in [-0.2, -0.15) is 0 Å². The Morgan fingerprint density at radius 1 is 1.05 bits per heavy atom. The van der Waals surface area contributed by atoms with Crippen molar-refractivity contribution in [2.45, 2.75) is 51.9 Å². The molecule has 1 aliphatic heterocycles. The van der Waals surface area contributed by atoms with Gasteiger partial charge >= 0.3 is 0 Å². The summed E-state index contributed by atoms with van der Waals surface area (Å²) in [5, 5.41) is 9.60. The average Bonchev–Trinajstić information content (AvgIpc) is 3.19. The van der Waals surface area contributed by atoms with Gasteiger partial charge in [-0.1, -0.05) is 38.8 Å². The summed E-state index contributed by atoms with van der Waals surface area (Å²) in [4.78, 5) is 32.8. The zero-order valence-electron chi connectivity index (χ0n) is 21.1. The summed E-state index contributed by atoms with van der Waals surface area (Å²) in [6.07, 6.45) is 7.58. The summed E-state index contributed by atoms with van der Waals surface area (Å²) < 4.78 is 20.1. The smallest absolute Gasteiger partial charge is 0.256 e. The van der Waals surface area contributed by atoms with Crippen molar-refractivity contribution in [3.8, 4) is 0 Å². The minimum atomic E-state index is -0.540. The Labute approximate surface area is 213 Å². The lowest BCUT2D eigenvalue weighted by atomic mass is 9.93. The molecule has 0 atom stereocenters. The highest BCUT2D eigenvalue weighted by atomic mass is 19.1. The Morgan fingerprint density at radius 2 is 1.84 bits per heavy atom. The fourth-order valence-electron chi connectivity index (χ4n) is 4.13. The Kier molecular flexibility index (Phi) is 6.68. The molecule has 0 saturated carbocycles. The second-order valence-electron chi connectivity index (χ2n) is 10.1. The van der Waals surface area contributed by atoms with Crippen LogP contribution in [-0.4, -0.2) is 44.1 Å². The predicted octanol–water partition coefficient (Wildman–Crippen LogP) is 5.22. The van der Waals surface area contributed by atoms with E-state index in [0.717, 1.165) is 25.9 Å². The normalized spacial score (nSPS) is 14.4. The van der Waals surface area contributed by atoms with E-state index in [9.17, 15) is 9.18 Å². The monoisotopic (exact) mass is 504 g/mol. The minimum absolute atomic E-state index is 0.0816. The summed E-state index contributed by atoms with van der Waals surface area (Å²) in [6.45, 7) is 7.72. The number of fused-ring (bicyclic) bond motifs is 1. The van der Waals surface area contributed by atoms with Crippen LogP contribution >= 0.6 is 0 Å². The van der Waals surface area contributed by atoms with Crippen LogP contribution in [0.3, 0.4) is 0 Å². The van der Waals surface area contributed by atoms with Gasteiger partial charge in [0.1, 0.15) is 28.9 Å². The number of aromatic nitrogens is 5. The van der Waals surface area contributed by atoms with E-state index in [-0.39, 0.29) is 22.5 Å². The number of rotatable bonds is 5. The van der Waals surface area contributed by atoms with Crippen LogP contribution in [-0.2, 0) is 5.41 Å². The molecule has 0 unspecified atom stereocenters. The predicted molar refractivity (Wildman–Crippen MR) is 139 cm³/mol. The molecule has 4 heterocycles. The molecule has 0 bridgehead atoms. The van der Waals surface area contributed by atoms with E-state index in [4.69, 9.17) is 9.51 Å². The van der Waals surface area contributed by atoms with Crippen molar-refractivity contribution in [2.24, 2.45) is 0 Å². The minimum Gasteiger partial charge on any atom is -0.359 e. The molecule has 0 radical (unpaired) electrons.